The summed E-state index contributed by atoms with van der Waals surface area (Å²) in [6, 6.07) is 20.9. The topological polar surface area (TPSA) is 34.1 Å². The van der Waals surface area contributed by atoms with Crippen LogP contribution >= 0.6 is 11.6 Å². The van der Waals surface area contributed by atoms with Crippen molar-refractivity contribution in [3.8, 4) is 0 Å². The first kappa shape index (κ1) is 30.8. The number of hydrogen-bond acceptors (Lipinski definition) is 2. The number of rotatable bonds is 15. The molecule has 0 aliphatic heterocycles. The van der Waals surface area contributed by atoms with Gasteiger partial charge in [0.05, 0.1) is 0 Å². The second-order valence-corrected chi connectivity index (χ2v) is 10.5. The van der Waals surface area contributed by atoms with Crippen molar-refractivity contribution in [2.75, 3.05) is 5.88 Å². The first-order valence-corrected chi connectivity index (χ1v) is 13.6. The van der Waals surface area contributed by atoms with Crippen LogP contribution in [-0.2, 0) is 22.4 Å². The molecule has 2 aromatic rings. The second-order valence-electron chi connectivity index (χ2n) is 10.1. The van der Waals surface area contributed by atoms with E-state index in [4.69, 9.17) is 11.6 Å². The molecule has 0 fully saturated rings. The highest BCUT2D eigenvalue weighted by Gasteiger charge is 2.25. The lowest BCUT2D eigenvalue weighted by Crippen LogP contribution is -2.21. The molecule has 0 radical (unpaired) electrons. The van der Waals surface area contributed by atoms with E-state index < -0.39 is 0 Å². The van der Waals surface area contributed by atoms with Crippen LogP contribution in [0, 0.1) is 5.41 Å². The maximum absolute atomic E-state index is 11.6. The van der Waals surface area contributed by atoms with Gasteiger partial charge in [-0.15, -0.1) is 11.6 Å². The summed E-state index contributed by atoms with van der Waals surface area (Å²) in [5, 5.41) is 0. The Balaban J connectivity index is 0.000000379. The number of alkyl halides is 1. The predicted molar refractivity (Wildman–Crippen MR) is 151 cm³/mol. The lowest BCUT2D eigenvalue weighted by atomic mass is 9.76. The van der Waals surface area contributed by atoms with E-state index in [1.54, 1.807) is 19.9 Å². The van der Waals surface area contributed by atoms with Gasteiger partial charge in [0.1, 0.15) is 5.78 Å². The van der Waals surface area contributed by atoms with Gasteiger partial charge in [-0.1, -0.05) is 92.4 Å². The standard InChI is InChI=1S/C19H29ClO.C13H16O/c1-17(21)16-19(2,13-8-3-4-9-15-20)14-12-18-10-6-5-7-11-18;1-11(10-12(2)14)8-9-13-6-4-3-5-7-13/h5-7,10-11H,3-4,8-9,12-16H2,1-2H3;3-7,10H,8-9H2,1-2H3/b;11-10+/t19-;/m0./s1. The van der Waals surface area contributed by atoms with Crippen LogP contribution in [0.5, 0.6) is 0 Å². The smallest absolute Gasteiger partial charge is 0.152 e. The lowest BCUT2D eigenvalue weighted by Gasteiger charge is -2.29. The third-order valence-corrected chi connectivity index (χ3v) is 6.57. The molecule has 0 saturated carbocycles. The number of Topliss-reactive ketones (excluding diaryl/α,β-unsaturated/α-hetero) is 1. The van der Waals surface area contributed by atoms with Crippen LogP contribution in [0.25, 0.3) is 0 Å². The number of benzene rings is 2. The Morgan fingerprint density at radius 3 is 1.83 bits per heavy atom. The maximum Gasteiger partial charge on any atom is 0.152 e. The van der Waals surface area contributed by atoms with E-state index in [-0.39, 0.29) is 11.2 Å². The van der Waals surface area contributed by atoms with Crippen molar-refractivity contribution in [1.82, 2.24) is 0 Å². The summed E-state index contributed by atoms with van der Waals surface area (Å²) < 4.78 is 0. The van der Waals surface area contributed by atoms with E-state index >= 15 is 0 Å². The monoisotopic (exact) mass is 496 g/mol. The van der Waals surface area contributed by atoms with Gasteiger partial charge in [-0.25, -0.2) is 0 Å². The Morgan fingerprint density at radius 1 is 0.771 bits per heavy atom. The Kier molecular flexibility index (Phi) is 16.0. The molecule has 0 spiro atoms. The minimum absolute atomic E-state index is 0.135. The van der Waals surface area contributed by atoms with E-state index in [1.165, 1.54) is 30.4 Å². The van der Waals surface area contributed by atoms with Crippen LogP contribution in [0.2, 0.25) is 0 Å². The number of aryl methyl sites for hydroxylation is 2. The summed E-state index contributed by atoms with van der Waals surface area (Å²) in [7, 11) is 0. The Labute approximate surface area is 219 Å². The predicted octanol–water partition coefficient (Wildman–Crippen LogP) is 8.95. The molecule has 35 heavy (non-hydrogen) atoms. The summed E-state index contributed by atoms with van der Waals surface area (Å²) in [5.74, 6) is 1.21. The quantitative estimate of drug-likeness (QED) is 0.140. The van der Waals surface area contributed by atoms with Gasteiger partial charge in [0.2, 0.25) is 0 Å². The van der Waals surface area contributed by atoms with Crippen LogP contribution in [0.4, 0.5) is 0 Å². The number of halogens is 1. The minimum atomic E-state index is 0.135. The van der Waals surface area contributed by atoms with E-state index in [1.807, 2.05) is 25.1 Å². The molecule has 0 aromatic heterocycles. The van der Waals surface area contributed by atoms with Gasteiger partial charge < -0.3 is 4.79 Å². The molecule has 192 valence electrons. The highest BCUT2D eigenvalue weighted by Crippen LogP contribution is 2.34. The van der Waals surface area contributed by atoms with E-state index in [2.05, 4.69) is 49.4 Å². The number of carbonyl (C=O) groups excluding carboxylic acids is 2. The highest BCUT2D eigenvalue weighted by atomic mass is 35.5. The van der Waals surface area contributed by atoms with Gasteiger partial charge in [0.15, 0.2) is 5.78 Å². The summed E-state index contributed by atoms with van der Waals surface area (Å²) in [6.45, 7) is 7.59. The summed E-state index contributed by atoms with van der Waals surface area (Å²) >= 11 is 5.71. The van der Waals surface area contributed by atoms with Crippen molar-refractivity contribution in [2.45, 2.75) is 91.9 Å². The molecule has 0 saturated heterocycles. The highest BCUT2D eigenvalue weighted by molar-refractivity contribution is 6.17. The maximum atomic E-state index is 11.6. The summed E-state index contributed by atoms with van der Waals surface area (Å²) in [4.78, 5) is 22.4. The molecule has 2 rings (SSSR count). The molecule has 0 aliphatic rings. The van der Waals surface area contributed by atoms with Crippen LogP contribution in [0.1, 0.15) is 90.2 Å². The van der Waals surface area contributed by atoms with Gasteiger partial charge in [0.25, 0.3) is 0 Å². The van der Waals surface area contributed by atoms with Crippen molar-refractivity contribution >= 4 is 23.2 Å². The third kappa shape index (κ3) is 16.2. The van der Waals surface area contributed by atoms with E-state index in [0.717, 1.165) is 50.0 Å². The fourth-order valence-electron chi connectivity index (χ4n) is 4.40. The van der Waals surface area contributed by atoms with Gasteiger partial charge >= 0.3 is 0 Å². The Morgan fingerprint density at radius 2 is 1.31 bits per heavy atom. The average molecular weight is 497 g/mol. The molecule has 0 bridgehead atoms. The number of carbonyl (C=O) groups is 2. The molecule has 1 atom stereocenters. The largest absolute Gasteiger partial charge is 0.300 e. The zero-order valence-electron chi connectivity index (χ0n) is 22.3. The van der Waals surface area contributed by atoms with Crippen molar-refractivity contribution in [3.05, 3.63) is 83.4 Å². The normalized spacial score (nSPS) is 12.9. The van der Waals surface area contributed by atoms with Gasteiger partial charge in [-0.2, -0.15) is 0 Å². The van der Waals surface area contributed by atoms with Gasteiger partial charge in [-0.3, -0.25) is 4.79 Å². The third-order valence-electron chi connectivity index (χ3n) is 6.30. The molecular weight excluding hydrogens is 452 g/mol. The van der Waals surface area contributed by atoms with Crippen molar-refractivity contribution in [3.63, 3.8) is 0 Å². The first-order chi connectivity index (χ1) is 16.7. The van der Waals surface area contributed by atoms with Crippen LogP contribution in [-0.4, -0.2) is 17.4 Å². The van der Waals surface area contributed by atoms with Crippen molar-refractivity contribution < 1.29 is 9.59 Å². The Hall–Kier alpha value is -2.19. The van der Waals surface area contributed by atoms with Crippen molar-refractivity contribution in [1.29, 1.82) is 0 Å². The fraction of sp³-hybridized carbons (Fsp3) is 0.500. The molecule has 2 nitrogen and oxygen atoms in total. The summed E-state index contributed by atoms with van der Waals surface area (Å²) in [6.07, 6.45) is 12.4. The van der Waals surface area contributed by atoms with Gasteiger partial charge in [-0.05, 0) is 81.9 Å². The molecule has 0 N–H and O–H groups in total. The number of unbranched alkanes of at least 4 members (excludes halogenated alkanes) is 3. The molecule has 0 amide bonds. The van der Waals surface area contributed by atoms with Crippen LogP contribution in [0.15, 0.2) is 72.3 Å². The SMILES string of the molecule is CC(=O)/C=C(\C)CCc1ccccc1.CC(=O)C[C@@](C)(CCCCCCCl)CCc1ccccc1. The molecular formula is C32H45ClO2. The number of hydrogen-bond donors (Lipinski definition) is 0. The van der Waals surface area contributed by atoms with E-state index in [9.17, 15) is 9.59 Å². The molecule has 0 aliphatic carbocycles. The second kappa shape index (κ2) is 18.1. The zero-order valence-corrected chi connectivity index (χ0v) is 23.1. The lowest BCUT2D eigenvalue weighted by molar-refractivity contribution is -0.119. The first-order valence-electron chi connectivity index (χ1n) is 13.0. The molecule has 2 aromatic carbocycles. The Bertz CT molecular complexity index is 873. The number of ketones is 2. The van der Waals surface area contributed by atoms with Crippen LogP contribution in [0.3, 0.4) is 0 Å². The number of allylic oxidation sites excluding steroid dienone is 2. The van der Waals surface area contributed by atoms with Crippen molar-refractivity contribution in [2.24, 2.45) is 5.41 Å². The minimum Gasteiger partial charge on any atom is -0.300 e. The zero-order chi connectivity index (χ0) is 25.9. The van der Waals surface area contributed by atoms with Crippen LogP contribution < -0.4 is 0 Å². The fourth-order valence-corrected chi connectivity index (χ4v) is 4.59. The average Bonchev–Trinajstić information content (AvgIpc) is 2.82. The van der Waals surface area contributed by atoms with Gasteiger partial charge in [0, 0.05) is 12.3 Å². The molecule has 0 heterocycles. The summed E-state index contributed by atoms with van der Waals surface area (Å²) in [5.41, 5.74) is 3.99. The van der Waals surface area contributed by atoms with E-state index in [0.29, 0.717) is 12.2 Å². The molecule has 3 heteroatoms. The molecule has 0 unspecified atom stereocenters.